The fraction of sp³-hybridized carbons (Fsp3) is 0.600. The highest BCUT2D eigenvalue weighted by Gasteiger charge is 2.22. The topological polar surface area (TPSA) is 35.0 Å². The Morgan fingerprint density at radius 1 is 0.857 bits per heavy atom. The summed E-state index contributed by atoms with van der Waals surface area (Å²) in [7, 11) is 0. The zero-order valence-corrected chi connectivity index (χ0v) is 17.7. The van der Waals surface area contributed by atoms with Gasteiger partial charge in [-0.3, -0.25) is 0 Å². The van der Waals surface area contributed by atoms with Crippen LogP contribution in [0.2, 0.25) is 0 Å². The number of unbranched alkanes of at least 4 members (excludes halogenated alkanes) is 3. The van der Waals surface area contributed by atoms with Crippen LogP contribution in [-0.2, 0) is 0 Å². The predicted molar refractivity (Wildman–Crippen MR) is 117 cm³/mol. The molecule has 152 valence electrons. The Balaban J connectivity index is 1.51. The zero-order chi connectivity index (χ0) is 19.6. The van der Waals surface area contributed by atoms with E-state index in [1.54, 1.807) is 0 Å². The SMILES string of the molecule is CCCCCCOc1ccc(-c2ncc(C3CCC(CCC)CC3)cn2)cc1. The molecule has 3 nitrogen and oxygen atoms in total. The molecule has 0 unspecified atom stereocenters. The third-order valence-electron chi connectivity index (χ3n) is 6.07. The van der Waals surface area contributed by atoms with Gasteiger partial charge in [-0.1, -0.05) is 46.0 Å². The summed E-state index contributed by atoms with van der Waals surface area (Å²) in [5.74, 6) is 3.32. The van der Waals surface area contributed by atoms with E-state index in [2.05, 4.69) is 35.9 Å². The van der Waals surface area contributed by atoms with Crippen LogP contribution in [-0.4, -0.2) is 16.6 Å². The highest BCUT2D eigenvalue weighted by molar-refractivity contribution is 5.56. The zero-order valence-electron chi connectivity index (χ0n) is 17.7. The second-order valence-corrected chi connectivity index (χ2v) is 8.28. The van der Waals surface area contributed by atoms with Crippen LogP contribution in [0.1, 0.15) is 89.5 Å². The molecule has 0 saturated heterocycles. The maximum absolute atomic E-state index is 5.83. The van der Waals surface area contributed by atoms with Gasteiger partial charge in [0, 0.05) is 18.0 Å². The Labute approximate surface area is 171 Å². The molecule has 0 atom stereocenters. The van der Waals surface area contributed by atoms with Crippen molar-refractivity contribution in [3.05, 3.63) is 42.2 Å². The Hall–Kier alpha value is -1.90. The van der Waals surface area contributed by atoms with Crippen molar-refractivity contribution in [2.45, 2.75) is 84.0 Å². The fourth-order valence-corrected chi connectivity index (χ4v) is 4.31. The molecular weight excluding hydrogens is 344 g/mol. The first kappa shape index (κ1) is 20.8. The summed E-state index contributed by atoms with van der Waals surface area (Å²) in [4.78, 5) is 9.31. The lowest BCUT2D eigenvalue weighted by atomic mass is 9.78. The van der Waals surface area contributed by atoms with Crippen LogP contribution < -0.4 is 4.74 Å². The largest absolute Gasteiger partial charge is 0.494 e. The van der Waals surface area contributed by atoms with Gasteiger partial charge in [-0.15, -0.1) is 0 Å². The summed E-state index contributed by atoms with van der Waals surface area (Å²) in [5.41, 5.74) is 2.36. The van der Waals surface area contributed by atoms with E-state index in [9.17, 15) is 0 Å². The third-order valence-corrected chi connectivity index (χ3v) is 6.07. The van der Waals surface area contributed by atoms with Gasteiger partial charge in [-0.25, -0.2) is 9.97 Å². The lowest BCUT2D eigenvalue weighted by molar-refractivity contribution is 0.305. The number of hydrogen-bond acceptors (Lipinski definition) is 3. The molecular formula is C25H36N2O. The predicted octanol–water partition coefficient (Wildman–Crippen LogP) is 7.18. The highest BCUT2D eigenvalue weighted by Crippen LogP contribution is 2.37. The van der Waals surface area contributed by atoms with Gasteiger partial charge in [-0.05, 0) is 73.8 Å². The second-order valence-electron chi connectivity index (χ2n) is 8.28. The van der Waals surface area contributed by atoms with Gasteiger partial charge in [-0.2, -0.15) is 0 Å². The average Bonchev–Trinajstić information content (AvgIpc) is 2.75. The number of nitrogens with zero attached hydrogens (tertiary/aromatic N) is 2. The van der Waals surface area contributed by atoms with E-state index >= 15 is 0 Å². The first-order valence-electron chi connectivity index (χ1n) is 11.3. The van der Waals surface area contributed by atoms with E-state index < -0.39 is 0 Å². The molecule has 3 heteroatoms. The summed E-state index contributed by atoms with van der Waals surface area (Å²) in [5, 5.41) is 0. The number of ether oxygens (including phenoxy) is 1. The van der Waals surface area contributed by atoms with Crippen molar-refractivity contribution < 1.29 is 4.74 Å². The minimum absolute atomic E-state index is 0.644. The molecule has 1 aliphatic carbocycles. The molecule has 3 rings (SSSR count). The maximum atomic E-state index is 5.83. The van der Waals surface area contributed by atoms with Crippen LogP contribution in [0.25, 0.3) is 11.4 Å². The summed E-state index contributed by atoms with van der Waals surface area (Å²) in [6.07, 6.45) is 17.0. The van der Waals surface area contributed by atoms with E-state index in [-0.39, 0.29) is 0 Å². The normalized spacial score (nSPS) is 19.5. The van der Waals surface area contributed by atoms with E-state index in [0.29, 0.717) is 5.92 Å². The second kappa shape index (κ2) is 11.2. The van der Waals surface area contributed by atoms with Crippen molar-refractivity contribution in [2.75, 3.05) is 6.61 Å². The summed E-state index contributed by atoms with van der Waals surface area (Å²) < 4.78 is 5.83. The lowest BCUT2D eigenvalue weighted by Gasteiger charge is -2.28. The maximum Gasteiger partial charge on any atom is 0.159 e. The highest BCUT2D eigenvalue weighted by atomic mass is 16.5. The quantitative estimate of drug-likeness (QED) is 0.410. The lowest BCUT2D eigenvalue weighted by Crippen LogP contribution is -2.13. The van der Waals surface area contributed by atoms with Crippen LogP contribution in [0.4, 0.5) is 0 Å². The Morgan fingerprint density at radius 3 is 2.21 bits per heavy atom. The van der Waals surface area contributed by atoms with Crippen molar-refractivity contribution in [1.29, 1.82) is 0 Å². The Bertz CT molecular complexity index is 673. The standard InChI is InChI=1S/C25H36N2O/c1-3-5-6-7-17-28-24-15-13-22(14-16-24)25-26-18-23(19-27-25)21-11-9-20(8-4-2)10-12-21/h13-16,18-21H,3-12,17H2,1-2H3. The number of rotatable bonds is 10. The molecule has 0 spiro atoms. The smallest absolute Gasteiger partial charge is 0.159 e. The van der Waals surface area contributed by atoms with Gasteiger partial charge in [0.2, 0.25) is 0 Å². The van der Waals surface area contributed by atoms with E-state index in [1.165, 1.54) is 63.4 Å². The first-order valence-corrected chi connectivity index (χ1v) is 11.3. The Kier molecular flexibility index (Phi) is 8.32. The summed E-state index contributed by atoms with van der Waals surface area (Å²) in [6.45, 7) is 5.32. The minimum Gasteiger partial charge on any atom is -0.494 e. The molecule has 1 saturated carbocycles. The van der Waals surface area contributed by atoms with E-state index in [4.69, 9.17) is 4.74 Å². The Morgan fingerprint density at radius 2 is 1.57 bits per heavy atom. The van der Waals surface area contributed by atoms with Crippen LogP contribution in [0.15, 0.2) is 36.7 Å². The molecule has 2 aromatic rings. The third kappa shape index (κ3) is 6.05. The van der Waals surface area contributed by atoms with E-state index in [1.807, 2.05) is 24.5 Å². The first-order chi connectivity index (χ1) is 13.8. The molecule has 0 radical (unpaired) electrons. The van der Waals surface area contributed by atoms with E-state index in [0.717, 1.165) is 36.1 Å². The van der Waals surface area contributed by atoms with Crippen molar-refractivity contribution in [3.8, 4) is 17.1 Å². The molecule has 1 aliphatic rings. The molecule has 28 heavy (non-hydrogen) atoms. The van der Waals surface area contributed by atoms with Crippen LogP contribution in [0, 0.1) is 5.92 Å². The monoisotopic (exact) mass is 380 g/mol. The number of aromatic nitrogens is 2. The number of hydrogen-bond donors (Lipinski definition) is 0. The van der Waals surface area contributed by atoms with Crippen LogP contribution in [0.3, 0.4) is 0 Å². The van der Waals surface area contributed by atoms with Crippen molar-refractivity contribution in [3.63, 3.8) is 0 Å². The average molecular weight is 381 g/mol. The van der Waals surface area contributed by atoms with Gasteiger partial charge >= 0.3 is 0 Å². The van der Waals surface area contributed by atoms with Crippen molar-refractivity contribution in [2.24, 2.45) is 5.92 Å². The molecule has 0 N–H and O–H groups in total. The van der Waals surface area contributed by atoms with Gasteiger partial charge < -0.3 is 4.74 Å². The minimum atomic E-state index is 0.644. The van der Waals surface area contributed by atoms with Crippen LogP contribution in [0.5, 0.6) is 5.75 Å². The molecule has 0 amide bonds. The van der Waals surface area contributed by atoms with Gasteiger partial charge in [0.05, 0.1) is 6.61 Å². The van der Waals surface area contributed by atoms with Crippen molar-refractivity contribution >= 4 is 0 Å². The summed E-state index contributed by atoms with van der Waals surface area (Å²) >= 11 is 0. The molecule has 1 aromatic carbocycles. The molecule has 0 bridgehead atoms. The molecule has 1 heterocycles. The van der Waals surface area contributed by atoms with Gasteiger partial charge in [0.25, 0.3) is 0 Å². The van der Waals surface area contributed by atoms with Crippen molar-refractivity contribution in [1.82, 2.24) is 9.97 Å². The molecule has 1 aromatic heterocycles. The van der Waals surface area contributed by atoms with Gasteiger partial charge in [0.1, 0.15) is 5.75 Å². The molecule has 1 fully saturated rings. The number of benzene rings is 1. The van der Waals surface area contributed by atoms with Gasteiger partial charge in [0.15, 0.2) is 5.82 Å². The summed E-state index contributed by atoms with van der Waals surface area (Å²) in [6, 6.07) is 8.18. The van der Waals surface area contributed by atoms with Crippen LogP contribution >= 0.6 is 0 Å². The fourth-order valence-electron chi connectivity index (χ4n) is 4.31. The molecule has 0 aliphatic heterocycles.